The smallest absolute Gasteiger partial charge is 0.323 e. The van der Waals surface area contributed by atoms with Gasteiger partial charge in [0.25, 0.3) is 0 Å². The molecule has 6 rings (SSSR count). The molecule has 10 heteroatoms. The highest BCUT2D eigenvalue weighted by atomic mass is 32.2. The van der Waals surface area contributed by atoms with Crippen LogP contribution in [-0.4, -0.2) is 32.5 Å². The van der Waals surface area contributed by atoms with Crippen LogP contribution in [0.3, 0.4) is 0 Å². The van der Waals surface area contributed by atoms with Crippen LogP contribution in [0, 0.1) is 0 Å². The number of carbonyl (C=O) groups excluding carboxylic acids is 1. The number of hydrogen-bond acceptors (Lipinski definition) is 7. The minimum atomic E-state index is -0.643. The standard InChI is InChI=1S/C35H34N4O5S/c1-39-19-18-36-35(39)45-23-31-21-32(25-12-10-24(22-40)11-13-25)44-33(43-31)26-6-5-7-28(20-26)38-34(41)37-27-14-16-30(17-15-27)42-29-8-3-2-4-9-29/h2-20,31-33,40H,21-23H2,1H3,(H2,37,38,41). The zero-order valence-electron chi connectivity index (χ0n) is 24.7. The van der Waals surface area contributed by atoms with Gasteiger partial charge in [-0.3, -0.25) is 0 Å². The van der Waals surface area contributed by atoms with Crippen molar-refractivity contribution in [2.75, 3.05) is 16.4 Å². The molecule has 1 aliphatic heterocycles. The molecule has 2 heterocycles. The Morgan fingerprint density at radius 2 is 1.67 bits per heavy atom. The van der Waals surface area contributed by atoms with Crippen molar-refractivity contribution in [3.05, 3.63) is 132 Å². The summed E-state index contributed by atoms with van der Waals surface area (Å²) in [5, 5.41) is 16.2. The summed E-state index contributed by atoms with van der Waals surface area (Å²) in [5.41, 5.74) is 3.89. The average molecular weight is 623 g/mol. The molecule has 45 heavy (non-hydrogen) atoms. The molecule has 1 saturated heterocycles. The molecule has 1 aromatic heterocycles. The summed E-state index contributed by atoms with van der Waals surface area (Å²) in [7, 11) is 1.97. The first kappa shape index (κ1) is 30.4. The first-order valence-corrected chi connectivity index (χ1v) is 15.6. The molecule has 4 aromatic carbocycles. The van der Waals surface area contributed by atoms with E-state index in [1.165, 1.54) is 0 Å². The Labute approximate surface area is 266 Å². The van der Waals surface area contributed by atoms with Gasteiger partial charge in [0.1, 0.15) is 11.5 Å². The Bertz CT molecular complexity index is 1700. The van der Waals surface area contributed by atoms with E-state index in [1.54, 1.807) is 42.2 Å². The van der Waals surface area contributed by atoms with E-state index < -0.39 is 6.29 Å². The number of hydrogen-bond donors (Lipinski definition) is 3. The minimum absolute atomic E-state index is 0.0121. The number of aliphatic hydroxyl groups excluding tert-OH is 1. The van der Waals surface area contributed by atoms with Crippen molar-refractivity contribution in [3.8, 4) is 11.5 Å². The fourth-order valence-corrected chi connectivity index (χ4v) is 5.92. The second-order valence-electron chi connectivity index (χ2n) is 10.6. The van der Waals surface area contributed by atoms with Crippen molar-refractivity contribution in [1.29, 1.82) is 0 Å². The third-order valence-electron chi connectivity index (χ3n) is 7.30. The van der Waals surface area contributed by atoms with E-state index >= 15 is 0 Å². The van der Waals surface area contributed by atoms with Gasteiger partial charge in [-0.2, -0.15) is 0 Å². The van der Waals surface area contributed by atoms with Crippen LogP contribution in [0.15, 0.2) is 121 Å². The first-order chi connectivity index (χ1) is 22.0. The van der Waals surface area contributed by atoms with Gasteiger partial charge in [-0.15, -0.1) is 0 Å². The summed E-state index contributed by atoms with van der Waals surface area (Å²) >= 11 is 1.64. The molecule has 0 aliphatic carbocycles. The van der Waals surface area contributed by atoms with Crippen molar-refractivity contribution in [2.45, 2.75) is 36.7 Å². The van der Waals surface area contributed by atoms with E-state index in [1.807, 2.05) is 96.7 Å². The maximum Gasteiger partial charge on any atom is 0.323 e. The molecule has 3 unspecified atom stereocenters. The summed E-state index contributed by atoms with van der Waals surface area (Å²) in [5.74, 6) is 2.11. The Hall–Kier alpha value is -4.61. The largest absolute Gasteiger partial charge is 0.457 e. The number of para-hydroxylation sites is 1. The lowest BCUT2D eigenvalue weighted by Crippen LogP contribution is -2.31. The number of aliphatic hydroxyl groups is 1. The lowest BCUT2D eigenvalue weighted by molar-refractivity contribution is -0.245. The number of benzene rings is 4. The topological polar surface area (TPSA) is 107 Å². The van der Waals surface area contributed by atoms with Gasteiger partial charge in [0.05, 0.1) is 18.8 Å². The second kappa shape index (κ2) is 14.4. The number of aromatic nitrogens is 2. The zero-order valence-corrected chi connectivity index (χ0v) is 25.5. The Kier molecular flexibility index (Phi) is 9.77. The quantitative estimate of drug-likeness (QED) is 0.137. The molecule has 2 amide bonds. The van der Waals surface area contributed by atoms with Crippen LogP contribution in [0.2, 0.25) is 0 Å². The summed E-state index contributed by atoms with van der Waals surface area (Å²) in [6.45, 7) is -0.0121. The summed E-state index contributed by atoms with van der Waals surface area (Å²) < 4.78 is 20.7. The van der Waals surface area contributed by atoms with Crippen LogP contribution >= 0.6 is 11.8 Å². The maximum atomic E-state index is 12.9. The molecular weight excluding hydrogens is 588 g/mol. The van der Waals surface area contributed by atoms with Crippen molar-refractivity contribution >= 4 is 29.2 Å². The minimum Gasteiger partial charge on any atom is -0.457 e. The Balaban J connectivity index is 1.12. The van der Waals surface area contributed by atoms with E-state index in [0.717, 1.165) is 27.6 Å². The average Bonchev–Trinajstić information content (AvgIpc) is 3.49. The van der Waals surface area contributed by atoms with Gasteiger partial charge in [0.2, 0.25) is 0 Å². The summed E-state index contributed by atoms with van der Waals surface area (Å²) in [6.07, 6.45) is 3.41. The molecule has 1 fully saturated rings. The van der Waals surface area contributed by atoms with Crippen LogP contribution in [-0.2, 0) is 23.1 Å². The molecule has 0 radical (unpaired) electrons. The number of amides is 2. The van der Waals surface area contributed by atoms with Gasteiger partial charge < -0.3 is 34.5 Å². The lowest BCUT2D eigenvalue weighted by atomic mass is 10.0. The van der Waals surface area contributed by atoms with E-state index in [-0.39, 0.29) is 24.8 Å². The number of imidazole rings is 1. The Morgan fingerprint density at radius 1 is 0.911 bits per heavy atom. The van der Waals surface area contributed by atoms with Crippen molar-refractivity contribution in [3.63, 3.8) is 0 Å². The molecule has 0 spiro atoms. The third kappa shape index (κ3) is 8.11. The molecule has 1 aliphatic rings. The van der Waals surface area contributed by atoms with E-state index in [9.17, 15) is 9.90 Å². The highest BCUT2D eigenvalue weighted by Gasteiger charge is 2.32. The second-order valence-corrected chi connectivity index (χ2v) is 11.6. The number of rotatable bonds is 10. The van der Waals surface area contributed by atoms with Crippen molar-refractivity contribution in [2.24, 2.45) is 7.05 Å². The van der Waals surface area contributed by atoms with Crippen LogP contribution in [0.25, 0.3) is 0 Å². The predicted octanol–water partition coefficient (Wildman–Crippen LogP) is 7.69. The highest BCUT2D eigenvalue weighted by molar-refractivity contribution is 7.99. The maximum absolute atomic E-state index is 12.9. The number of thioether (sulfide) groups is 1. The molecule has 0 saturated carbocycles. The first-order valence-electron chi connectivity index (χ1n) is 14.6. The van der Waals surface area contributed by atoms with Gasteiger partial charge in [-0.1, -0.05) is 66.4 Å². The monoisotopic (exact) mass is 622 g/mol. The number of urea groups is 1. The fraction of sp³-hybridized carbons (Fsp3) is 0.200. The molecule has 3 N–H and O–H groups in total. The van der Waals surface area contributed by atoms with Gasteiger partial charge in [-0.05, 0) is 59.7 Å². The zero-order chi connectivity index (χ0) is 31.0. The van der Waals surface area contributed by atoms with Gasteiger partial charge in [0, 0.05) is 48.6 Å². The number of nitrogens with one attached hydrogen (secondary N) is 2. The molecule has 5 aromatic rings. The molecule has 0 bridgehead atoms. The molecule has 230 valence electrons. The molecular formula is C35H34N4O5S. The van der Waals surface area contributed by atoms with E-state index in [0.29, 0.717) is 29.3 Å². The van der Waals surface area contributed by atoms with Crippen molar-refractivity contribution in [1.82, 2.24) is 9.55 Å². The lowest BCUT2D eigenvalue weighted by Gasteiger charge is -2.36. The normalized spacial score (nSPS) is 17.9. The third-order valence-corrected chi connectivity index (χ3v) is 8.49. The van der Waals surface area contributed by atoms with Crippen LogP contribution in [0.5, 0.6) is 11.5 Å². The van der Waals surface area contributed by atoms with Gasteiger partial charge >= 0.3 is 6.03 Å². The van der Waals surface area contributed by atoms with Crippen LogP contribution in [0.4, 0.5) is 16.2 Å². The molecule has 3 atom stereocenters. The van der Waals surface area contributed by atoms with Gasteiger partial charge in [-0.25, -0.2) is 9.78 Å². The SMILES string of the molecule is Cn1ccnc1SCC1CC(c2ccc(CO)cc2)OC(c2cccc(NC(=O)Nc3ccc(Oc4ccccc4)cc3)c2)O1. The van der Waals surface area contributed by atoms with E-state index in [4.69, 9.17) is 14.2 Å². The number of anilines is 2. The van der Waals surface area contributed by atoms with E-state index in [2.05, 4.69) is 15.6 Å². The number of ether oxygens (including phenoxy) is 3. The summed E-state index contributed by atoms with van der Waals surface area (Å²) in [6, 6.07) is 31.6. The predicted molar refractivity (Wildman–Crippen MR) is 174 cm³/mol. The number of nitrogens with zero attached hydrogens (tertiary/aromatic N) is 2. The number of aryl methyl sites for hydroxylation is 1. The van der Waals surface area contributed by atoms with Crippen LogP contribution in [0.1, 0.15) is 35.5 Å². The summed E-state index contributed by atoms with van der Waals surface area (Å²) in [4.78, 5) is 17.3. The highest BCUT2D eigenvalue weighted by Crippen LogP contribution is 2.39. The van der Waals surface area contributed by atoms with Gasteiger partial charge in [0.15, 0.2) is 11.4 Å². The number of carbonyl (C=O) groups is 1. The van der Waals surface area contributed by atoms with Crippen LogP contribution < -0.4 is 15.4 Å². The fourth-order valence-electron chi connectivity index (χ4n) is 4.97. The van der Waals surface area contributed by atoms with Crippen molar-refractivity contribution < 1.29 is 24.1 Å². The Morgan fingerprint density at radius 3 is 2.40 bits per heavy atom. The molecule has 9 nitrogen and oxygen atoms in total.